The first-order valence-electron chi connectivity index (χ1n) is 7.50. The van der Waals surface area contributed by atoms with Crippen LogP contribution < -0.4 is 5.73 Å². The maximum absolute atomic E-state index is 12.6. The van der Waals surface area contributed by atoms with Crippen LogP contribution in [0.4, 0.5) is 5.69 Å². The molecule has 1 aromatic carbocycles. The van der Waals surface area contributed by atoms with Gasteiger partial charge in [0.25, 0.3) is 5.91 Å². The van der Waals surface area contributed by atoms with Gasteiger partial charge in [0.1, 0.15) is 12.0 Å². The van der Waals surface area contributed by atoms with Gasteiger partial charge in [-0.25, -0.2) is 0 Å². The summed E-state index contributed by atoms with van der Waals surface area (Å²) in [5.41, 5.74) is 7.60. The number of ether oxygens (including phenoxy) is 1. The van der Waals surface area contributed by atoms with E-state index in [1.165, 1.54) is 28.9 Å². The largest absolute Gasteiger partial charge is 0.466 e. The van der Waals surface area contributed by atoms with Crippen LogP contribution in [0.25, 0.3) is 0 Å². The Balaban J connectivity index is 1.79. The van der Waals surface area contributed by atoms with Crippen molar-refractivity contribution >= 4 is 34.8 Å². The number of allylic oxidation sites excluding steroid dienone is 4. The maximum Gasteiger partial charge on any atom is 0.262 e. The molecular weight excluding hydrogens is 347 g/mol. The molecular formula is C18H16Cl2N2O2. The number of rotatable bonds is 3. The molecule has 0 radical (unpaired) electrons. The van der Waals surface area contributed by atoms with Gasteiger partial charge >= 0.3 is 0 Å². The Morgan fingerprint density at radius 2 is 2.04 bits per heavy atom. The lowest BCUT2D eigenvalue weighted by Gasteiger charge is -2.21. The topological polar surface area (TPSA) is 55.6 Å². The van der Waals surface area contributed by atoms with Crippen LogP contribution in [-0.4, -0.2) is 10.8 Å². The van der Waals surface area contributed by atoms with Crippen LogP contribution in [-0.2, 0) is 4.74 Å². The highest BCUT2D eigenvalue weighted by Gasteiger charge is 2.19. The number of benzene rings is 1. The van der Waals surface area contributed by atoms with E-state index in [4.69, 9.17) is 33.7 Å². The summed E-state index contributed by atoms with van der Waals surface area (Å²) in [4.78, 5) is 14.1. The fraction of sp³-hybridized carbons (Fsp3) is 0.167. The smallest absolute Gasteiger partial charge is 0.262 e. The number of amides is 1. The van der Waals surface area contributed by atoms with Crippen molar-refractivity contribution in [2.75, 3.05) is 5.73 Å². The number of hydrogen-bond donors (Lipinski definition) is 1. The number of carbonyl (C=O) groups is 1. The lowest BCUT2D eigenvalue weighted by molar-refractivity contribution is 0.0854. The van der Waals surface area contributed by atoms with E-state index in [0.29, 0.717) is 17.7 Å². The summed E-state index contributed by atoms with van der Waals surface area (Å²) >= 11 is 12.0. The van der Waals surface area contributed by atoms with Crippen LogP contribution in [0.5, 0.6) is 0 Å². The predicted octanol–water partition coefficient (Wildman–Crippen LogP) is 5.03. The summed E-state index contributed by atoms with van der Waals surface area (Å²) in [6.07, 6.45) is 13.7. The fourth-order valence-electron chi connectivity index (χ4n) is 2.51. The van der Waals surface area contributed by atoms with Gasteiger partial charge in [0.15, 0.2) is 0 Å². The van der Waals surface area contributed by atoms with E-state index < -0.39 is 0 Å². The van der Waals surface area contributed by atoms with Crippen LogP contribution >= 0.6 is 23.2 Å². The lowest BCUT2D eigenvalue weighted by atomic mass is 10.0. The van der Waals surface area contributed by atoms with Crippen LogP contribution in [0, 0.1) is 0 Å². The van der Waals surface area contributed by atoms with Gasteiger partial charge in [0.2, 0.25) is 0 Å². The van der Waals surface area contributed by atoms with E-state index in [-0.39, 0.29) is 21.6 Å². The zero-order valence-electron chi connectivity index (χ0n) is 12.8. The molecule has 0 bridgehead atoms. The van der Waals surface area contributed by atoms with E-state index in [2.05, 4.69) is 12.2 Å². The molecule has 0 saturated carbocycles. The van der Waals surface area contributed by atoms with Crippen LogP contribution in [0.2, 0.25) is 10.0 Å². The SMILES string of the molecule is Nc1c(Cl)cc(C(=O)N2C=COC(CC3=CC=CCC3)=C2)cc1Cl. The highest BCUT2D eigenvalue weighted by atomic mass is 35.5. The molecule has 24 heavy (non-hydrogen) atoms. The quantitative estimate of drug-likeness (QED) is 0.767. The second-order valence-corrected chi connectivity index (χ2v) is 6.35. The molecule has 0 saturated heterocycles. The van der Waals surface area contributed by atoms with Gasteiger partial charge in [-0.15, -0.1) is 0 Å². The molecule has 0 fully saturated rings. The van der Waals surface area contributed by atoms with Crippen molar-refractivity contribution < 1.29 is 9.53 Å². The average molecular weight is 363 g/mol. The van der Waals surface area contributed by atoms with Crippen LogP contribution in [0.15, 0.2) is 60.4 Å². The number of halogens is 2. The third-order valence-corrected chi connectivity index (χ3v) is 4.41. The van der Waals surface area contributed by atoms with Crippen molar-refractivity contribution in [3.05, 3.63) is 76.0 Å². The summed E-state index contributed by atoms with van der Waals surface area (Å²) in [6, 6.07) is 3.02. The summed E-state index contributed by atoms with van der Waals surface area (Å²) in [5.74, 6) is 0.452. The number of nitrogens with zero attached hydrogens (tertiary/aromatic N) is 1. The van der Waals surface area contributed by atoms with Gasteiger partial charge < -0.3 is 10.5 Å². The van der Waals surface area contributed by atoms with E-state index in [0.717, 1.165) is 12.8 Å². The molecule has 1 heterocycles. The maximum atomic E-state index is 12.6. The molecule has 1 amide bonds. The van der Waals surface area contributed by atoms with Crippen molar-refractivity contribution in [3.8, 4) is 0 Å². The lowest BCUT2D eigenvalue weighted by Crippen LogP contribution is -2.23. The normalized spacial score (nSPS) is 16.5. The molecule has 0 aromatic heterocycles. The van der Waals surface area contributed by atoms with Crippen molar-refractivity contribution in [1.82, 2.24) is 4.90 Å². The van der Waals surface area contributed by atoms with E-state index >= 15 is 0 Å². The molecule has 1 aliphatic heterocycles. The monoisotopic (exact) mass is 362 g/mol. The van der Waals surface area contributed by atoms with Crippen LogP contribution in [0.1, 0.15) is 29.6 Å². The number of nitrogens with two attached hydrogens (primary N) is 1. The zero-order chi connectivity index (χ0) is 17.1. The molecule has 3 rings (SSSR count). The first-order valence-corrected chi connectivity index (χ1v) is 8.26. The Morgan fingerprint density at radius 3 is 2.71 bits per heavy atom. The molecule has 124 valence electrons. The molecule has 1 aliphatic carbocycles. The number of nitrogen functional groups attached to an aromatic ring is 1. The molecule has 0 unspecified atom stereocenters. The fourth-order valence-corrected chi connectivity index (χ4v) is 2.99. The number of hydrogen-bond acceptors (Lipinski definition) is 3. The van der Waals surface area contributed by atoms with E-state index in [1.54, 1.807) is 12.4 Å². The predicted molar refractivity (Wildman–Crippen MR) is 96.4 cm³/mol. The first-order chi connectivity index (χ1) is 11.5. The molecule has 0 spiro atoms. The highest BCUT2D eigenvalue weighted by Crippen LogP contribution is 2.30. The van der Waals surface area contributed by atoms with Gasteiger partial charge in [0.05, 0.1) is 21.9 Å². The Morgan fingerprint density at radius 1 is 1.29 bits per heavy atom. The molecule has 4 nitrogen and oxygen atoms in total. The zero-order valence-corrected chi connectivity index (χ0v) is 14.3. The van der Waals surface area contributed by atoms with Gasteiger partial charge in [-0.2, -0.15) is 0 Å². The Hall–Kier alpha value is -2.17. The molecule has 0 atom stereocenters. The second kappa shape index (κ2) is 7.16. The summed E-state index contributed by atoms with van der Waals surface area (Å²) < 4.78 is 5.51. The third-order valence-electron chi connectivity index (χ3n) is 3.79. The Kier molecular flexibility index (Phi) is 4.97. The minimum Gasteiger partial charge on any atom is -0.466 e. The van der Waals surface area contributed by atoms with Gasteiger partial charge in [0, 0.05) is 18.2 Å². The minimum atomic E-state index is -0.256. The minimum absolute atomic E-state index is 0.256. The molecule has 1 aromatic rings. The third kappa shape index (κ3) is 3.66. The molecule has 2 aliphatic rings. The van der Waals surface area contributed by atoms with Crippen LogP contribution in [0.3, 0.4) is 0 Å². The second-order valence-electron chi connectivity index (χ2n) is 5.53. The van der Waals surface area contributed by atoms with Crippen molar-refractivity contribution in [2.24, 2.45) is 0 Å². The number of carbonyl (C=O) groups excluding carboxylic acids is 1. The van der Waals surface area contributed by atoms with E-state index in [1.807, 2.05) is 6.08 Å². The Bertz CT molecular complexity index is 771. The van der Waals surface area contributed by atoms with Crippen molar-refractivity contribution in [1.29, 1.82) is 0 Å². The average Bonchev–Trinajstić information content (AvgIpc) is 2.59. The molecule has 6 heteroatoms. The summed E-state index contributed by atoms with van der Waals surface area (Å²) in [7, 11) is 0. The summed E-state index contributed by atoms with van der Waals surface area (Å²) in [5, 5.41) is 0.512. The van der Waals surface area contributed by atoms with E-state index in [9.17, 15) is 4.79 Å². The van der Waals surface area contributed by atoms with Gasteiger partial charge in [-0.05, 0) is 25.0 Å². The van der Waals surface area contributed by atoms with Gasteiger partial charge in [-0.1, -0.05) is 47.0 Å². The number of anilines is 1. The highest BCUT2D eigenvalue weighted by molar-refractivity contribution is 6.39. The van der Waals surface area contributed by atoms with Gasteiger partial charge in [-0.3, -0.25) is 9.69 Å². The summed E-state index contributed by atoms with van der Waals surface area (Å²) in [6.45, 7) is 0. The first kappa shape index (κ1) is 16.7. The van der Waals surface area contributed by atoms with Crippen molar-refractivity contribution in [2.45, 2.75) is 19.3 Å². The standard InChI is InChI=1S/C18H16Cl2N2O2/c19-15-9-13(10-16(20)17(15)21)18(23)22-6-7-24-14(11-22)8-12-4-2-1-3-5-12/h1-2,4,6-7,9-11H,3,5,8,21H2. The molecule has 2 N–H and O–H groups in total. The van der Waals surface area contributed by atoms with Crippen molar-refractivity contribution in [3.63, 3.8) is 0 Å². The Labute approximate surface area is 150 Å².